The molecule has 0 aromatic heterocycles. The van der Waals surface area contributed by atoms with Crippen LogP contribution in [0.4, 0.5) is 0 Å². The van der Waals surface area contributed by atoms with Crippen LogP contribution in [0.25, 0.3) is 0 Å². The Labute approximate surface area is 174 Å². The van der Waals surface area contributed by atoms with E-state index in [1.54, 1.807) is 24.3 Å². The highest BCUT2D eigenvalue weighted by Gasteiger charge is 2.24. The second-order valence-corrected chi connectivity index (χ2v) is 9.80. The van der Waals surface area contributed by atoms with Crippen LogP contribution in [0.2, 0.25) is 0 Å². The van der Waals surface area contributed by atoms with Crippen LogP contribution in [-0.2, 0) is 20.5 Å². The molecule has 1 aromatic carbocycles. The molecule has 8 heteroatoms. The maximum absolute atomic E-state index is 12.5. The van der Waals surface area contributed by atoms with Crippen molar-refractivity contribution < 1.29 is 17.9 Å². The maximum Gasteiger partial charge on any atom is 0.251 e. The zero-order chi connectivity index (χ0) is 20.5. The van der Waals surface area contributed by atoms with Gasteiger partial charge in [-0.15, -0.1) is 0 Å². The predicted octanol–water partition coefficient (Wildman–Crippen LogP) is 1.84. The van der Waals surface area contributed by atoms with Gasteiger partial charge in [0, 0.05) is 25.2 Å². The topological polar surface area (TPSA) is 79.0 Å². The molecule has 1 amide bonds. The summed E-state index contributed by atoms with van der Waals surface area (Å²) < 4.78 is 31.7. The third-order valence-corrected chi connectivity index (χ3v) is 7.41. The number of hydrogen-bond acceptors (Lipinski definition) is 5. The van der Waals surface area contributed by atoms with Crippen LogP contribution in [0.1, 0.15) is 48.0 Å². The van der Waals surface area contributed by atoms with Gasteiger partial charge in [-0.25, -0.2) is 8.42 Å². The molecular weight excluding hydrogens is 390 g/mol. The zero-order valence-electron chi connectivity index (χ0n) is 17.1. The van der Waals surface area contributed by atoms with Gasteiger partial charge < -0.3 is 15.0 Å². The molecule has 2 fully saturated rings. The third-order valence-electron chi connectivity index (χ3n) is 5.56. The maximum atomic E-state index is 12.5. The summed E-state index contributed by atoms with van der Waals surface area (Å²) in [6.45, 7) is 5.71. The second-order valence-electron chi connectivity index (χ2n) is 7.83. The van der Waals surface area contributed by atoms with Crippen molar-refractivity contribution in [3.8, 4) is 0 Å². The Bertz CT molecular complexity index is 738. The fourth-order valence-corrected chi connectivity index (χ4v) is 5.35. The van der Waals surface area contributed by atoms with Gasteiger partial charge >= 0.3 is 0 Å². The van der Waals surface area contributed by atoms with Crippen LogP contribution < -0.4 is 5.32 Å². The first-order valence-electron chi connectivity index (χ1n) is 10.7. The normalized spacial score (nSPS) is 19.6. The summed E-state index contributed by atoms with van der Waals surface area (Å²) in [6.07, 6.45) is 6.16. The molecule has 162 valence electrons. The van der Waals surface area contributed by atoms with E-state index in [2.05, 4.69) is 10.2 Å². The molecule has 0 unspecified atom stereocenters. The van der Waals surface area contributed by atoms with E-state index < -0.39 is 10.0 Å². The van der Waals surface area contributed by atoms with Gasteiger partial charge in [-0.3, -0.25) is 4.79 Å². The van der Waals surface area contributed by atoms with Gasteiger partial charge in [-0.1, -0.05) is 25.0 Å². The van der Waals surface area contributed by atoms with Crippen molar-refractivity contribution in [2.75, 3.05) is 52.5 Å². The van der Waals surface area contributed by atoms with Crippen molar-refractivity contribution in [3.63, 3.8) is 0 Å². The largest absolute Gasteiger partial charge is 0.379 e. The highest BCUT2D eigenvalue weighted by Crippen LogP contribution is 2.14. The van der Waals surface area contributed by atoms with Gasteiger partial charge in [-0.05, 0) is 56.6 Å². The first-order valence-corrected chi connectivity index (χ1v) is 12.3. The number of hydrogen-bond donors (Lipinski definition) is 1. The molecular formula is C21H33N3O4S. The summed E-state index contributed by atoms with van der Waals surface area (Å²) in [5.74, 6) is -0.159. The van der Waals surface area contributed by atoms with E-state index in [1.807, 2.05) is 0 Å². The van der Waals surface area contributed by atoms with E-state index >= 15 is 0 Å². The van der Waals surface area contributed by atoms with Crippen molar-refractivity contribution in [1.82, 2.24) is 14.5 Å². The van der Waals surface area contributed by atoms with E-state index in [0.717, 1.165) is 13.0 Å². The van der Waals surface area contributed by atoms with E-state index in [-0.39, 0.29) is 11.7 Å². The standard InChI is InChI=1S/C21H33N3O4S/c25-21(22-10-5-13-23-11-3-1-2-4-12-23)20-8-6-19(7-9-20)18-29(26,27)24-14-16-28-17-15-24/h6-9H,1-5,10-18H2,(H,22,25). The van der Waals surface area contributed by atoms with E-state index in [9.17, 15) is 13.2 Å². The monoisotopic (exact) mass is 423 g/mol. The van der Waals surface area contributed by atoms with E-state index in [1.165, 1.54) is 43.1 Å². The molecule has 2 heterocycles. The van der Waals surface area contributed by atoms with Crippen LogP contribution in [0, 0.1) is 0 Å². The number of rotatable bonds is 8. The SMILES string of the molecule is O=C(NCCCN1CCCCCC1)c1ccc(CS(=O)(=O)N2CCOCC2)cc1. The highest BCUT2D eigenvalue weighted by atomic mass is 32.2. The van der Waals surface area contributed by atoms with E-state index in [0.29, 0.717) is 44.0 Å². The number of morpholine rings is 1. The van der Waals surface area contributed by atoms with Gasteiger partial charge in [0.05, 0.1) is 19.0 Å². The van der Waals surface area contributed by atoms with Crippen LogP contribution >= 0.6 is 0 Å². The fourth-order valence-electron chi connectivity index (χ4n) is 3.85. The first kappa shape index (κ1) is 22.2. The molecule has 0 aliphatic carbocycles. The molecule has 1 N–H and O–H groups in total. The van der Waals surface area contributed by atoms with Gasteiger partial charge in [0.2, 0.25) is 10.0 Å². The lowest BCUT2D eigenvalue weighted by molar-refractivity contribution is 0.0729. The molecule has 0 spiro atoms. The quantitative estimate of drug-likeness (QED) is 0.646. The molecule has 1 aromatic rings. The fraction of sp³-hybridized carbons (Fsp3) is 0.667. The molecule has 0 radical (unpaired) electrons. The number of sulfonamides is 1. The first-order chi connectivity index (χ1) is 14.0. The Morgan fingerprint density at radius 1 is 0.966 bits per heavy atom. The molecule has 2 aliphatic heterocycles. The lowest BCUT2D eigenvalue weighted by Crippen LogP contribution is -2.41. The van der Waals surface area contributed by atoms with Crippen LogP contribution in [0.15, 0.2) is 24.3 Å². The Balaban J connectivity index is 1.42. The Kier molecular flexibility index (Phi) is 8.47. The Hall–Kier alpha value is -1.48. The van der Waals surface area contributed by atoms with Crippen molar-refractivity contribution >= 4 is 15.9 Å². The number of carbonyl (C=O) groups excluding carboxylic acids is 1. The molecule has 7 nitrogen and oxygen atoms in total. The third kappa shape index (κ3) is 7.06. The minimum atomic E-state index is -3.35. The average Bonchev–Trinajstić information content (AvgIpc) is 3.01. The summed E-state index contributed by atoms with van der Waals surface area (Å²) in [4.78, 5) is 14.8. The number of carbonyl (C=O) groups is 1. The molecule has 0 bridgehead atoms. The van der Waals surface area contributed by atoms with Gasteiger partial charge in [0.15, 0.2) is 0 Å². The van der Waals surface area contributed by atoms with Crippen molar-refractivity contribution in [1.29, 1.82) is 0 Å². The zero-order valence-corrected chi connectivity index (χ0v) is 18.0. The number of amides is 1. The Morgan fingerprint density at radius 2 is 1.62 bits per heavy atom. The summed E-state index contributed by atoms with van der Waals surface area (Å²) in [5.41, 5.74) is 1.25. The molecule has 0 saturated carbocycles. The van der Waals surface area contributed by atoms with Crippen LogP contribution in [-0.4, -0.2) is 76.0 Å². The average molecular weight is 424 g/mol. The minimum absolute atomic E-state index is 0.0509. The molecule has 2 aliphatic rings. The summed E-state index contributed by atoms with van der Waals surface area (Å²) in [7, 11) is -3.35. The number of ether oxygens (including phenoxy) is 1. The van der Waals surface area contributed by atoms with Crippen LogP contribution in [0.3, 0.4) is 0 Å². The van der Waals surface area contributed by atoms with Gasteiger partial charge in [0.1, 0.15) is 0 Å². The lowest BCUT2D eigenvalue weighted by atomic mass is 10.1. The summed E-state index contributed by atoms with van der Waals surface area (Å²) >= 11 is 0. The number of likely N-dealkylation sites (tertiary alicyclic amines) is 1. The molecule has 29 heavy (non-hydrogen) atoms. The molecule has 3 rings (SSSR count). The Morgan fingerprint density at radius 3 is 2.28 bits per heavy atom. The predicted molar refractivity (Wildman–Crippen MR) is 113 cm³/mol. The summed E-state index contributed by atoms with van der Waals surface area (Å²) in [5, 5.41) is 2.97. The number of nitrogens with one attached hydrogen (secondary N) is 1. The number of nitrogens with zero attached hydrogens (tertiary/aromatic N) is 2. The van der Waals surface area contributed by atoms with Gasteiger partial charge in [-0.2, -0.15) is 4.31 Å². The van der Waals surface area contributed by atoms with E-state index in [4.69, 9.17) is 4.74 Å². The highest BCUT2D eigenvalue weighted by molar-refractivity contribution is 7.88. The van der Waals surface area contributed by atoms with Crippen molar-refractivity contribution in [2.24, 2.45) is 0 Å². The van der Waals surface area contributed by atoms with Crippen molar-refractivity contribution in [3.05, 3.63) is 35.4 Å². The molecule has 0 atom stereocenters. The molecule has 2 saturated heterocycles. The van der Waals surface area contributed by atoms with Gasteiger partial charge in [0.25, 0.3) is 5.91 Å². The summed E-state index contributed by atoms with van der Waals surface area (Å²) in [6, 6.07) is 6.86. The number of benzene rings is 1. The minimum Gasteiger partial charge on any atom is -0.379 e. The lowest BCUT2D eigenvalue weighted by Gasteiger charge is -2.26. The second kappa shape index (κ2) is 11.1. The van der Waals surface area contributed by atoms with Crippen LogP contribution in [0.5, 0.6) is 0 Å². The van der Waals surface area contributed by atoms with Crippen molar-refractivity contribution in [2.45, 2.75) is 37.9 Å². The smallest absolute Gasteiger partial charge is 0.251 e.